The van der Waals surface area contributed by atoms with Crippen LogP contribution in [0.15, 0.2) is 4.99 Å². The molecule has 1 saturated carbocycles. The Labute approximate surface area is 179 Å². The highest BCUT2D eigenvalue weighted by Crippen LogP contribution is 2.38. The van der Waals surface area contributed by atoms with E-state index in [2.05, 4.69) is 32.3 Å². The van der Waals surface area contributed by atoms with E-state index in [4.69, 9.17) is 4.99 Å². The molecule has 1 aromatic heterocycles. The first kappa shape index (κ1) is 22.4. The Hall–Kier alpha value is -0.900. The zero-order valence-electron chi connectivity index (χ0n) is 16.5. The van der Waals surface area contributed by atoms with Gasteiger partial charge in [-0.1, -0.05) is 19.3 Å². The third-order valence-electron chi connectivity index (χ3n) is 5.85. The summed E-state index contributed by atoms with van der Waals surface area (Å²) in [5.74, 6) is 2.90. The van der Waals surface area contributed by atoms with E-state index in [1.54, 1.807) is 0 Å². The maximum Gasteiger partial charge on any atom is 0.191 e. The van der Waals surface area contributed by atoms with Gasteiger partial charge in [0.1, 0.15) is 12.4 Å². The number of hydrogen-bond donors (Lipinski definition) is 3. The number of rotatable bonds is 7. The van der Waals surface area contributed by atoms with Crippen molar-refractivity contribution < 1.29 is 5.11 Å². The Balaban J connectivity index is 0.00000261. The van der Waals surface area contributed by atoms with E-state index < -0.39 is 0 Å². The number of nitrogens with zero attached hydrogens (tertiary/aromatic N) is 4. The molecular formula is C19H35IN6O. The molecule has 0 radical (unpaired) electrons. The number of aryl methyl sites for hydroxylation is 1. The monoisotopic (exact) mass is 490 g/mol. The highest BCUT2D eigenvalue weighted by atomic mass is 127. The second-order valence-electron chi connectivity index (χ2n) is 7.72. The first-order valence-electron chi connectivity index (χ1n) is 10.3. The van der Waals surface area contributed by atoms with Gasteiger partial charge in [-0.05, 0) is 44.4 Å². The van der Waals surface area contributed by atoms with Crippen molar-refractivity contribution >= 4 is 29.9 Å². The van der Waals surface area contributed by atoms with Crippen LogP contribution in [0.25, 0.3) is 0 Å². The van der Waals surface area contributed by atoms with E-state index in [0.717, 1.165) is 50.1 Å². The number of hydrogen-bond acceptors (Lipinski definition) is 4. The molecule has 1 fully saturated rings. The number of fused-ring (bicyclic) bond motifs is 1. The first-order chi connectivity index (χ1) is 12.8. The SMILES string of the molecule is CCNC(=NCc1nnc2n1CCCC2)NCC1(CCO)CCCCC1.I. The minimum Gasteiger partial charge on any atom is -0.396 e. The molecule has 0 bridgehead atoms. The van der Waals surface area contributed by atoms with Crippen molar-refractivity contribution in [3.05, 3.63) is 11.6 Å². The molecule has 0 saturated heterocycles. The zero-order chi connectivity index (χ0) is 18.2. The molecule has 7 nitrogen and oxygen atoms in total. The summed E-state index contributed by atoms with van der Waals surface area (Å²) in [4.78, 5) is 4.75. The molecule has 0 amide bonds. The molecule has 154 valence electrons. The summed E-state index contributed by atoms with van der Waals surface area (Å²) in [6.07, 6.45) is 10.5. The molecule has 8 heteroatoms. The molecule has 27 heavy (non-hydrogen) atoms. The molecule has 1 aliphatic heterocycles. The summed E-state index contributed by atoms with van der Waals surface area (Å²) in [6.45, 7) is 5.61. The van der Waals surface area contributed by atoms with Crippen molar-refractivity contribution in [2.24, 2.45) is 10.4 Å². The molecule has 0 unspecified atom stereocenters. The summed E-state index contributed by atoms with van der Waals surface area (Å²) in [5, 5.41) is 25.0. The van der Waals surface area contributed by atoms with Gasteiger partial charge >= 0.3 is 0 Å². The van der Waals surface area contributed by atoms with Gasteiger partial charge in [0.25, 0.3) is 0 Å². The van der Waals surface area contributed by atoms with Crippen LogP contribution in [0.4, 0.5) is 0 Å². The topological polar surface area (TPSA) is 87.4 Å². The Morgan fingerprint density at radius 2 is 1.96 bits per heavy atom. The summed E-state index contributed by atoms with van der Waals surface area (Å²) in [6, 6.07) is 0. The number of aliphatic hydroxyl groups excluding tert-OH is 1. The average molecular weight is 490 g/mol. The summed E-state index contributed by atoms with van der Waals surface area (Å²) < 4.78 is 2.23. The van der Waals surface area contributed by atoms with E-state index in [0.29, 0.717) is 6.54 Å². The molecule has 0 atom stereocenters. The van der Waals surface area contributed by atoms with E-state index in [1.807, 2.05) is 0 Å². The van der Waals surface area contributed by atoms with Gasteiger partial charge in [0.15, 0.2) is 11.8 Å². The maximum atomic E-state index is 9.50. The molecule has 2 heterocycles. The van der Waals surface area contributed by atoms with Gasteiger partial charge in [0, 0.05) is 32.7 Å². The highest BCUT2D eigenvalue weighted by molar-refractivity contribution is 14.0. The number of aromatic nitrogens is 3. The van der Waals surface area contributed by atoms with E-state index in [1.165, 1.54) is 44.9 Å². The molecule has 1 aliphatic carbocycles. The predicted octanol–water partition coefficient (Wildman–Crippen LogP) is 2.62. The lowest BCUT2D eigenvalue weighted by molar-refractivity contribution is 0.131. The number of halogens is 1. The van der Waals surface area contributed by atoms with Crippen molar-refractivity contribution in [1.29, 1.82) is 0 Å². The molecule has 0 aromatic carbocycles. The van der Waals surface area contributed by atoms with E-state index in [9.17, 15) is 5.11 Å². The summed E-state index contributed by atoms with van der Waals surface area (Å²) >= 11 is 0. The minimum absolute atomic E-state index is 0. The van der Waals surface area contributed by atoms with Gasteiger partial charge in [0.2, 0.25) is 0 Å². The lowest BCUT2D eigenvalue weighted by Crippen LogP contribution is -2.45. The summed E-state index contributed by atoms with van der Waals surface area (Å²) in [7, 11) is 0. The Kier molecular flexibility index (Phi) is 9.28. The highest BCUT2D eigenvalue weighted by Gasteiger charge is 2.31. The van der Waals surface area contributed by atoms with E-state index >= 15 is 0 Å². The van der Waals surface area contributed by atoms with Crippen LogP contribution in [0.5, 0.6) is 0 Å². The van der Waals surface area contributed by atoms with Crippen LogP contribution >= 0.6 is 24.0 Å². The van der Waals surface area contributed by atoms with Crippen LogP contribution in [-0.4, -0.2) is 45.5 Å². The molecule has 3 N–H and O–H groups in total. The largest absolute Gasteiger partial charge is 0.396 e. The smallest absolute Gasteiger partial charge is 0.191 e. The Morgan fingerprint density at radius 3 is 2.70 bits per heavy atom. The van der Waals surface area contributed by atoms with Gasteiger partial charge in [-0.3, -0.25) is 0 Å². The predicted molar refractivity (Wildman–Crippen MR) is 118 cm³/mol. The third kappa shape index (κ3) is 6.04. The van der Waals surface area contributed by atoms with Crippen molar-refractivity contribution in [2.75, 3.05) is 19.7 Å². The van der Waals surface area contributed by atoms with Crippen LogP contribution in [0.3, 0.4) is 0 Å². The van der Waals surface area contributed by atoms with Crippen LogP contribution in [0.1, 0.15) is 69.9 Å². The van der Waals surface area contributed by atoms with Crippen LogP contribution in [0, 0.1) is 5.41 Å². The van der Waals surface area contributed by atoms with Crippen LogP contribution in [-0.2, 0) is 19.5 Å². The van der Waals surface area contributed by atoms with Gasteiger partial charge in [0.05, 0.1) is 0 Å². The van der Waals surface area contributed by atoms with Gasteiger partial charge in [-0.25, -0.2) is 4.99 Å². The average Bonchev–Trinajstić information content (AvgIpc) is 3.08. The lowest BCUT2D eigenvalue weighted by Gasteiger charge is -2.37. The second-order valence-corrected chi connectivity index (χ2v) is 7.72. The van der Waals surface area contributed by atoms with E-state index in [-0.39, 0.29) is 36.0 Å². The summed E-state index contributed by atoms with van der Waals surface area (Å²) in [5.41, 5.74) is 0.206. The molecule has 0 spiro atoms. The van der Waals surface area contributed by atoms with Crippen LogP contribution in [0.2, 0.25) is 0 Å². The van der Waals surface area contributed by atoms with Crippen molar-refractivity contribution in [3.8, 4) is 0 Å². The van der Waals surface area contributed by atoms with Gasteiger partial charge < -0.3 is 20.3 Å². The number of aliphatic imine (C=N–C) groups is 1. The number of guanidine groups is 1. The standard InChI is InChI=1S/C19H34N6O.HI/c1-2-20-18(22-15-19(11-13-26)9-5-3-6-10-19)21-14-17-24-23-16-8-4-7-12-25(16)17;/h26H,2-15H2,1H3,(H2,20,21,22);1H. The molecule has 3 rings (SSSR count). The normalized spacial score (nSPS) is 19.1. The minimum atomic E-state index is 0. The van der Waals surface area contributed by atoms with Crippen molar-refractivity contribution in [1.82, 2.24) is 25.4 Å². The fraction of sp³-hybridized carbons (Fsp3) is 0.842. The van der Waals surface area contributed by atoms with Crippen molar-refractivity contribution in [3.63, 3.8) is 0 Å². The second kappa shape index (κ2) is 11.2. The Morgan fingerprint density at radius 1 is 1.15 bits per heavy atom. The van der Waals surface area contributed by atoms with Crippen LogP contribution < -0.4 is 10.6 Å². The van der Waals surface area contributed by atoms with Gasteiger partial charge in [-0.2, -0.15) is 0 Å². The fourth-order valence-corrected chi connectivity index (χ4v) is 4.30. The lowest BCUT2D eigenvalue weighted by atomic mass is 9.72. The van der Waals surface area contributed by atoms with Crippen molar-refractivity contribution in [2.45, 2.75) is 77.8 Å². The quantitative estimate of drug-likeness (QED) is 0.311. The number of nitrogens with one attached hydrogen (secondary N) is 2. The Bertz CT molecular complexity index is 592. The first-order valence-corrected chi connectivity index (χ1v) is 10.3. The fourth-order valence-electron chi connectivity index (χ4n) is 4.30. The maximum absolute atomic E-state index is 9.50. The zero-order valence-corrected chi connectivity index (χ0v) is 18.9. The molecular weight excluding hydrogens is 455 g/mol. The molecule has 2 aliphatic rings. The third-order valence-corrected chi connectivity index (χ3v) is 5.85. The number of aliphatic hydroxyl groups is 1. The molecule has 1 aromatic rings. The van der Waals surface area contributed by atoms with Gasteiger partial charge in [-0.15, -0.1) is 34.2 Å².